The number of rotatable bonds is 5. The second-order valence-electron chi connectivity index (χ2n) is 5.33. The van der Waals surface area contributed by atoms with Crippen LogP contribution in [0.5, 0.6) is 5.75 Å². The Morgan fingerprint density at radius 3 is 2.53 bits per heavy atom. The molecule has 0 radical (unpaired) electrons. The Morgan fingerprint density at radius 1 is 1.29 bits per heavy atom. The van der Waals surface area contributed by atoms with Crippen LogP contribution in [0.15, 0.2) is 24.3 Å². The second-order valence-corrected chi connectivity index (χ2v) is 5.33. The molecule has 0 saturated heterocycles. The third-order valence-electron chi connectivity index (χ3n) is 2.68. The minimum absolute atomic E-state index is 0.00424. The van der Waals surface area contributed by atoms with Gasteiger partial charge in [-0.2, -0.15) is 0 Å². The average Bonchev–Trinajstić information content (AvgIpc) is 2.28. The van der Waals surface area contributed by atoms with E-state index in [0.717, 1.165) is 5.75 Å². The molecular formula is C14H23NO2. The maximum atomic E-state index is 8.84. The van der Waals surface area contributed by atoms with Gasteiger partial charge >= 0.3 is 0 Å². The topological polar surface area (TPSA) is 55.5 Å². The monoisotopic (exact) mass is 237 g/mol. The van der Waals surface area contributed by atoms with Gasteiger partial charge in [0.1, 0.15) is 5.75 Å². The van der Waals surface area contributed by atoms with Gasteiger partial charge in [0.2, 0.25) is 0 Å². The van der Waals surface area contributed by atoms with Gasteiger partial charge < -0.3 is 15.6 Å². The summed E-state index contributed by atoms with van der Waals surface area (Å²) < 4.78 is 5.75. The van der Waals surface area contributed by atoms with Crippen LogP contribution in [0.2, 0.25) is 0 Å². The summed E-state index contributed by atoms with van der Waals surface area (Å²) in [5.41, 5.74) is 6.89. The van der Waals surface area contributed by atoms with Crippen molar-refractivity contribution in [2.45, 2.75) is 38.6 Å². The maximum Gasteiger partial charge on any atom is 0.123 e. The summed E-state index contributed by atoms with van der Waals surface area (Å²) in [4.78, 5) is 0. The smallest absolute Gasteiger partial charge is 0.123 e. The van der Waals surface area contributed by atoms with Crippen LogP contribution in [0.1, 0.15) is 32.8 Å². The van der Waals surface area contributed by atoms with E-state index < -0.39 is 0 Å². The van der Waals surface area contributed by atoms with Crippen LogP contribution in [0, 0.1) is 0 Å². The van der Waals surface area contributed by atoms with Crippen molar-refractivity contribution in [2.75, 3.05) is 13.2 Å². The molecule has 17 heavy (non-hydrogen) atoms. The molecule has 3 nitrogen and oxygen atoms in total. The fraction of sp³-hybridized carbons (Fsp3) is 0.571. The Bertz CT molecular complexity index is 344. The van der Waals surface area contributed by atoms with Crippen LogP contribution in [0.25, 0.3) is 0 Å². The molecule has 1 unspecified atom stereocenters. The third-order valence-corrected chi connectivity index (χ3v) is 2.68. The summed E-state index contributed by atoms with van der Waals surface area (Å²) in [5, 5.41) is 8.84. The van der Waals surface area contributed by atoms with Crippen LogP contribution in [-0.2, 0) is 5.41 Å². The summed E-state index contributed by atoms with van der Waals surface area (Å²) in [6.07, 6.45) is 0.662. The van der Waals surface area contributed by atoms with Crippen molar-refractivity contribution in [3.05, 3.63) is 29.8 Å². The van der Waals surface area contributed by atoms with E-state index >= 15 is 0 Å². The molecule has 0 aliphatic carbocycles. The van der Waals surface area contributed by atoms with Crippen molar-refractivity contribution in [3.8, 4) is 5.75 Å². The Balaban J connectivity index is 2.65. The highest BCUT2D eigenvalue weighted by atomic mass is 16.5. The first-order valence-electron chi connectivity index (χ1n) is 6.04. The Labute approximate surface area is 104 Å². The van der Waals surface area contributed by atoms with Gasteiger partial charge in [-0.3, -0.25) is 0 Å². The number of benzene rings is 1. The zero-order chi connectivity index (χ0) is 12.9. The first-order chi connectivity index (χ1) is 7.95. The molecule has 1 aromatic carbocycles. The molecule has 1 rings (SSSR count). The number of nitrogens with two attached hydrogens (primary N) is 1. The van der Waals surface area contributed by atoms with Gasteiger partial charge in [-0.1, -0.05) is 39.0 Å². The Kier molecular flexibility index (Phi) is 4.97. The predicted octanol–water partition coefficient (Wildman–Crippen LogP) is 2.07. The lowest BCUT2D eigenvalue weighted by molar-refractivity contribution is 0.228. The lowest BCUT2D eigenvalue weighted by atomic mass is 9.86. The normalized spacial score (nSPS) is 13.5. The molecule has 3 heteroatoms. The first-order valence-corrected chi connectivity index (χ1v) is 6.04. The molecule has 0 amide bonds. The van der Waals surface area contributed by atoms with Gasteiger partial charge in [0.15, 0.2) is 0 Å². The third kappa shape index (κ3) is 4.36. The summed E-state index contributed by atoms with van der Waals surface area (Å²) in [7, 11) is 0. The highest BCUT2D eigenvalue weighted by Crippen LogP contribution is 2.30. The van der Waals surface area contributed by atoms with Gasteiger partial charge in [-0.05, 0) is 23.5 Å². The standard InChI is InChI=1S/C14H23NO2/c1-14(2,3)12-6-4-5-7-13(12)17-9-8-11(15)10-16/h4-7,11,16H,8-10,15H2,1-3H3. The van der Waals surface area contributed by atoms with E-state index in [9.17, 15) is 0 Å². The molecule has 0 heterocycles. The fourth-order valence-electron chi connectivity index (χ4n) is 1.62. The van der Waals surface area contributed by atoms with Gasteiger partial charge in [0, 0.05) is 6.04 Å². The van der Waals surface area contributed by atoms with Crippen molar-refractivity contribution in [1.29, 1.82) is 0 Å². The molecule has 0 bridgehead atoms. The summed E-state index contributed by atoms with van der Waals surface area (Å²) in [6.45, 7) is 7.02. The maximum absolute atomic E-state index is 8.84. The molecule has 1 atom stereocenters. The van der Waals surface area contributed by atoms with Crippen LogP contribution < -0.4 is 10.5 Å². The van der Waals surface area contributed by atoms with Crippen LogP contribution in [-0.4, -0.2) is 24.4 Å². The minimum atomic E-state index is -0.197. The first kappa shape index (κ1) is 14.0. The van der Waals surface area contributed by atoms with E-state index in [4.69, 9.17) is 15.6 Å². The highest BCUT2D eigenvalue weighted by molar-refractivity contribution is 5.38. The van der Waals surface area contributed by atoms with E-state index in [0.29, 0.717) is 13.0 Å². The summed E-state index contributed by atoms with van der Waals surface area (Å²) in [6, 6.07) is 7.85. The molecule has 0 saturated carbocycles. The fourth-order valence-corrected chi connectivity index (χ4v) is 1.62. The van der Waals surface area contributed by atoms with Gasteiger partial charge in [-0.25, -0.2) is 0 Å². The Morgan fingerprint density at radius 2 is 1.94 bits per heavy atom. The van der Waals surface area contributed by atoms with Crippen molar-refractivity contribution in [3.63, 3.8) is 0 Å². The zero-order valence-electron chi connectivity index (χ0n) is 10.9. The summed E-state index contributed by atoms with van der Waals surface area (Å²) in [5.74, 6) is 0.908. The quantitative estimate of drug-likeness (QED) is 0.824. The Hall–Kier alpha value is -1.06. The van der Waals surface area contributed by atoms with E-state index in [2.05, 4.69) is 26.8 Å². The molecular weight excluding hydrogens is 214 g/mol. The van der Waals surface area contributed by atoms with Gasteiger partial charge in [0.05, 0.1) is 13.2 Å². The number of aliphatic hydroxyl groups excluding tert-OH is 1. The second kappa shape index (κ2) is 6.03. The zero-order valence-corrected chi connectivity index (χ0v) is 10.9. The number of aliphatic hydroxyl groups is 1. The molecule has 96 valence electrons. The van der Waals surface area contributed by atoms with Crippen LogP contribution in [0.4, 0.5) is 0 Å². The minimum Gasteiger partial charge on any atom is -0.493 e. The van der Waals surface area contributed by atoms with E-state index in [1.54, 1.807) is 0 Å². The van der Waals surface area contributed by atoms with Crippen molar-refractivity contribution in [2.24, 2.45) is 5.73 Å². The number of para-hydroxylation sites is 1. The predicted molar refractivity (Wildman–Crippen MR) is 70.3 cm³/mol. The van der Waals surface area contributed by atoms with Gasteiger partial charge in [-0.15, -0.1) is 0 Å². The number of ether oxygens (including phenoxy) is 1. The highest BCUT2D eigenvalue weighted by Gasteiger charge is 2.18. The van der Waals surface area contributed by atoms with E-state index in [1.165, 1.54) is 5.56 Å². The van der Waals surface area contributed by atoms with Crippen molar-refractivity contribution < 1.29 is 9.84 Å². The number of hydrogen-bond donors (Lipinski definition) is 2. The van der Waals surface area contributed by atoms with E-state index in [-0.39, 0.29) is 18.1 Å². The largest absolute Gasteiger partial charge is 0.493 e. The molecule has 1 aromatic rings. The van der Waals surface area contributed by atoms with Crippen molar-refractivity contribution >= 4 is 0 Å². The van der Waals surface area contributed by atoms with Crippen LogP contribution >= 0.6 is 0 Å². The van der Waals surface area contributed by atoms with Crippen molar-refractivity contribution in [1.82, 2.24) is 0 Å². The van der Waals surface area contributed by atoms with E-state index in [1.807, 2.05) is 18.2 Å². The van der Waals surface area contributed by atoms with Gasteiger partial charge in [0.25, 0.3) is 0 Å². The molecule has 0 spiro atoms. The molecule has 0 aliphatic heterocycles. The lowest BCUT2D eigenvalue weighted by Crippen LogP contribution is -2.26. The average molecular weight is 237 g/mol. The van der Waals surface area contributed by atoms with Crippen LogP contribution in [0.3, 0.4) is 0 Å². The molecule has 0 aliphatic rings. The summed E-state index contributed by atoms with van der Waals surface area (Å²) >= 11 is 0. The molecule has 3 N–H and O–H groups in total. The number of hydrogen-bond acceptors (Lipinski definition) is 3. The molecule has 0 aromatic heterocycles. The molecule has 0 fully saturated rings. The SMILES string of the molecule is CC(C)(C)c1ccccc1OCCC(N)CO. The lowest BCUT2D eigenvalue weighted by Gasteiger charge is -2.23.